The van der Waals surface area contributed by atoms with Crippen molar-refractivity contribution in [1.29, 1.82) is 0 Å². The molecule has 0 aromatic heterocycles. The second-order valence-corrected chi connectivity index (χ2v) is 8.25. The van der Waals surface area contributed by atoms with Gasteiger partial charge in [0.05, 0.1) is 120 Å². The molecule has 470 valence electrons. The highest BCUT2D eigenvalue weighted by Gasteiger charge is 2.55. The molecule has 0 bridgehead atoms. The van der Waals surface area contributed by atoms with Gasteiger partial charge in [0.1, 0.15) is 20.0 Å². The Bertz CT molecular complexity index is 604. The van der Waals surface area contributed by atoms with Gasteiger partial charge < -0.3 is 0 Å². The molecule has 1 nitrogen and oxygen atoms in total. The zero-order valence-corrected chi connectivity index (χ0v) is 42.9. The molecule has 0 saturated heterocycles. The number of hydrogen-bond donors (Lipinski definition) is 0. The standard InChI is InChI=1S/C6H8F6.C4H5F5O.C4H6F4.2C4H8F2.C2H5F.CH2F2.12CH3F/c7-3-1-5(9,10)6(11,12)2-4-8;1-2-3(5,6)10-4(7,8)9;5-1-4(8,2-6)3-7;1-3-4(2,5)6;5-3-1-2-4-6;1-2-3;2-1-3;12*1-2/h1-4H2;2H2,1H3;1-3H2;3H2,1-2H3;1-4H2;2H2,1H3;1H2;12*1H3. The molecule has 0 aliphatic heterocycles. The molecule has 35 heteroatoms. The van der Waals surface area contributed by atoms with Gasteiger partial charge in [-0.2, -0.15) is 26.3 Å². The molecule has 0 saturated carbocycles. The van der Waals surface area contributed by atoms with Crippen molar-refractivity contribution in [3.63, 3.8) is 0 Å². The third-order valence-corrected chi connectivity index (χ3v) is 3.89. The maximum absolute atomic E-state index is 12.2. The van der Waals surface area contributed by atoms with Gasteiger partial charge >= 0.3 is 24.3 Å². The Kier molecular flexibility index (Phi) is 226. The fraction of sp³-hybridized carbons (Fsp3) is 1.00. The largest absolute Gasteiger partial charge is 0.527 e. The second kappa shape index (κ2) is 127. The number of hydrogen-bond acceptors (Lipinski definition) is 1. The second-order valence-electron chi connectivity index (χ2n) is 8.25. The SMILES string of the molecule is CCC(C)(F)F.CCC(F)(F)OC(F)(F)F.CCF.CF.CF.CF.CF.CF.CF.CF.CF.CF.CF.CF.CF.FCC(F)(CF)CF.FCCC(F)(F)C(F)(F)CCF.FCCCCF.FCF. The van der Waals surface area contributed by atoms with E-state index in [1.807, 2.05) is 0 Å². The van der Waals surface area contributed by atoms with E-state index in [1.165, 1.54) is 13.8 Å². The lowest BCUT2D eigenvalue weighted by molar-refractivity contribution is -0.424. The molecule has 0 N–H and O–H groups in total. The van der Waals surface area contributed by atoms with E-state index in [0.717, 1.165) is 13.8 Å². The maximum atomic E-state index is 12.2. The highest BCUT2D eigenvalue weighted by Crippen LogP contribution is 2.39. The number of unbranched alkanes of at least 4 members (excludes halogenated alkanes) is 1. The fourth-order valence-electron chi connectivity index (χ4n) is 1.14. The van der Waals surface area contributed by atoms with Crippen molar-refractivity contribution >= 4 is 0 Å². The first-order valence-corrected chi connectivity index (χ1v) is 17.7. The van der Waals surface area contributed by atoms with Crippen LogP contribution in [-0.4, -0.2) is 182 Å². The summed E-state index contributed by atoms with van der Waals surface area (Å²) in [6.45, 7) is -5.93. The topological polar surface area (TPSA) is 9.23 Å². The van der Waals surface area contributed by atoms with Gasteiger partial charge in [-0.1, -0.05) is 13.8 Å². The van der Waals surface area contributed by atoms with Crippen LogP contribution in [0.5, 0.6) is 0 Å². The zero-order valence-electron chi connectivity index (χ0n) is 42.9. The summed E-state index contributed by atoms with van der Waals surface area (Å²) in [5.74, 6) is -11.4. The zero-order chi connectivity index (χ0) is 64.3. The van der Waals surface area contributed by atoms with E-state index in [9.17, 15) is 149 Å². The number of alkyl halides is 34. The molecule has 0 amide bonds. The minimum absolute atomic E-state index is 0.0625. The molecule has 72 heavy (non-hydrogen) atoms. The lowest BCUT2D eigenvalue weighted by atomic mass is 10.1. The monoisotopic (exact) mass is 1180 g/mol. The number of halogens is 34. The van der Waals surface area contributed by atoms with E-state index in [0.29, 0.717) is 99.0 Å². The van der Waals surface area contributed by atoms with Gasteiger partial charge in [-0.3, -0.25) is 74.6 Å². The van der Waals surface area contributed by atoms with Crippen LogP contribution in [-0.2, 0) is 4.74 Å². The van der Waals surface area contributed by atoms with Crippen LogP contribution in [0.3, 0.4) is 0 Å². The van der Waals surface area contributed by atoms with Crippen molar-refractivity contribution in [1.82, 2.24) is 0 Å². The Balaban J connectivity index is -0.0000000255. The Morgan fingerprint density at radius 2 is 0.486 bits per heavy atom. The lowest BCUT2D eigenvalue weighted by Gasteiger charge is -2.24. The predicted octanol–water partition coefficient (Wildman–Crippen LogP) is 19.7. The van der Waals surface area contributed by atoms with Crippen molar-refractivity contribution in [3.8, 4) is 0 Å². The van der Waals surface area contributed by atoms with E-state index in [-0.39, 0.29) is 26.4 Å². The highest BCUT2D eigenvalue weighted by molar-refractivity contribution is 4.84. The van der Waals surface area contributed by atoms with Crippen molar-refractivity contribution in [3.05, 3.63) is 0 Å². The Morgan fingerprint density at radius 1 is 0.319 bits per heavy atom. The van der Waals surface area contributed by atoms with Gasteiger partial charge in [-0.25, -0.2) is 39.9 Å². The molecule has 0 aliphatic carbocycles. The van der Waals surface area contributed by atoms with Gasteiger partial charge in [0.25, 0.3) is 0 Å². The van der Waals surface area contributed by atoms with Gasteiger partial charge in [0, 0.05) is 25.7 Å². The Morgan fingerprint density at radius 3 is 0.542 bits per heavy atom. The summed E-state index contributed by atoms with van der Waals surface area (Å²) in [6, 6.07) is 0. The minimum atomic E-state index is -5.26. The van der Waals surface area contributed by atoms with Crippen molar-refractivity contribution in [2.75, 3.05) is 146 Å². The molecule has 0 aromatic carbocycles. The predicted molar refractivity (Wildman–Crippen MR) is 220 cm³/mol. The van der Waals surface area contributed by atoms with Gasteiger partial charge in [-0.15, -0.1) is 13.2 Å². The van der Waals surface area contributed by atoms with E-state index >= 15 is 0 Å². The Labute approximate surface area is 403 Å². The van der Waals surface area contributed by atoms with Crippen LogP contribution < -0.4 is 0 Å². The highest BCUT2D eigenvalue weighted by atomic mass is 19.4. The first-order chi connectivity index (χ1) is 33.6. The Hall–Kier alpha value is -2.42. The summed E-state index contributed by atoms with van der Waals surface area (Å²) in [5.41, 5.74) is -2.88. The fourth-order valence-corrected chi connectivity index (χ4v) is 1.14. The first kappa shape index (κ1) is 128. The summed E-state index contributed by atoms with van der Waals surface area (Å²) in [5, 5.41) is 0. The average molecular weight is 1180 g/mol. The average Bonchev–Trinajstić information content (AvgIpc) is 3.40. The van der Waals surface area contributed by atoms with Crippen molar-refractivity contribution in [2.45, 2.75) is 102 Å². The molecule has 0 fully saturated rings. The molecule has 0 heterocycles. The summed E-state index contributed by atoms with van der Waals surface area (Å²) in [6.07, 6.45) is -12.8. The normalized spacial score (nSPS) is 8.75. The third-order valence-electron chi connectivity index (χ3n) is 3.89. The summed E-state index contributed by atoms with van der Waals surface area (Å²) in [7, 11) is 6.00. The molecule has 0 rings (SSSR count). The van der Waals surface area contributed by atoms with Crippen LogP contribution in [0.2, 0.25) is 0 Å². The quantitative estimate of drug-likeness (QED) is 0.124. The van der Waals surface area contributed by atoms with E-state index in [1.54, 1.807) is 0 Å². The summed E-state index contributed by atoms with van der Waals surface area (Å²) in [4.78, 5) is 0. The first-order valence-electron chi connectivity index (χ1n) is 17.7. The summed E-state index contributed by atoms with van der Waals surface area (Å²) >= 11 is 0. The number of ether oxygens (including phenoxy) is 1. The molecule has 0 aliphatic rings. The van der Waals surface area contributed by atoms with E-state index < -0.39 is 95.5 Å². The van der Waals surface area contributed by atoms with Crippen LogP contribution in [0.1, 0.15) is 66.2 Å². The molecule has 0 atom stereocenters. The van der Waals surface area contributed by atoms with Crippen LogP contribution >= 0.6 is 0 Å². The molecular weight excluding hydrogens is 1110 g/mol. The van der Waals surface area contributed by atoms with E-state index in [4.69, 9.17) is 0 Å². The van der Waals surface area contributed by atoms with Gasteiger partial charge in [0.15, 0.2) is 5.67 Å². The molecular formula is C37H78F34O. The van der Waals surface area contributed by atoms with Gasteiger partial charge in [0.2, 0.25) is 12.9 Å². The summed E-state index contributed by atoms with van der Waals surface area (Å²) < 4.78 is 364. The molecule has 0 unspecified atom stereocenters. The minimum Gasteiger partial charge on any atom is -0.255 e. The maximum Gasteiger partial charge on any atom is 0.527 e. The van der Waals surface area contributed by atoms with Crippen molar-refractivity contribution < 1.29 is 154 Å². The van der Waals surface area contributed by atoms with Crippen LogP contribution in [0, 0.1) is 0 Å². The number of rotatable bonds is 14. The van der Waals surface area contributed by atoms with Crippen LogP contribution in [0.4, 0.5) is 149 Å². The molecule has 0 spiro atoms. The lowest BCUT2D eigenvalue weighted by Crippen LogP contribution is -2.41. The van der Waals surface area contributed by atoms with Crippen LogP contribution in [0.15, 0.2) is 0 Å². The van der Waals surface area contributed by atoms with Crippen molar-refractivity contribution in [2.24, 2.45) is 0 Å². The van der Waals surface area contributed by atoms with Gasteiger partial charge in [-0.05, 0) is 26.7 Å². The molecule has 0 radical (unpaired) electrons. The van der Waals surface area contributed by atoms with Crippen LogP contribution in [0.25, 0.3) is 0 Å². The third kappa shape index (κ3) is 201. The molecule has 0 aromatic rings. The van der Waals surface area contributed by atoms with E-state index in [2.05, 4.69) is 4.74 Å². The smallest absolute Gasteiger partial charge is 0.255 e.